The molecule has 0 aliphatic heterocycles. The fourth-order valence-corrected chi connectivity index (χ4v) is 8.69. The van der Waals surface area contributed by atoms with Gasteiger partial charge in [0.25, 0.3) is 15.9 Å². The lowest BCUT2D eigenvalue weighted by Gasteiger charge is -2.59. The molecule has 188 valence electrons. The molecule has 2 aromatic rings. The number of benzene rings is 2. The van der Waals surface area contributed by atoms with Crippen LogP contribution in [0, 0.1) is 23.2 Å². The van der Waals surface area contributed by atoms with E-state index in [1.54, 1.807) is 24.3 Å². The average Bonchev–Trinajstić information content (AvgIpc) is 2.83. The number of hydrogen-bond donors (Lipinski definition) is 1. The summed E-state index contributed by atoms with van der Waals surface area (Å²) in [6.45, 7) is 4.22. The zero-order valence-electron chi connectivity index (χ0n) is 20.7. The van der Waals surface area contributed by atoms with Gasteiger partial charge in [0.1, 0.15) is 5.75 Å². The van der Waals surface area contributed by atoms with Gasteiger partial charge in [-0.1, -0.05) is 18.2 Å². The van der Waals surface area contributed by atoms with E-state index in [-0.39, 0.29) is 28.9 Å². The SMILES string of the molecule is CCN(c1ccccc1)S(=O)(=O)c1ccc(OCC(=O)NC(C)C23CC4CC(CC(C4)C2)C3)cc1. The van der Waals surface area contributed by atoms with Gasteiger partial charge in [0.2, 0.25) is 0 Å². The fraction of sp³-hybridized carbons (Fsp3) is 0.536. The Labute approximate surface area is 209 Å². The molecular formula is C28H36N2O4S. The first kappa shape index (κ1) is 24.2. The number of carbonyl (C=O) groups is 1. The number of amides is 1. The van der Waals surface area contributed by atoms with E-state index in [4.69, 9.17) is 4.74 Å². The van der Waals surface area contributed by atoms with Crippen molar-refractivity contribution in [2.75, 3.05) is 17.5 Å². The Hall–Kier alpha value is -2.54. The minimum atomic E-state index is -3.69. The largest absolute Gasteiger partial charge is 0.484 e. The predicted molar refractivity (Wildman–Crippen MR) is 137 cm³/mol. The van der Waals surface area contributed by atoms with Crippen molar-refractivity contribution in [3.05, 3.63) is 54.6 Å². The first-order valence-electron chi connectivity index (χ1n) is 12.9. The number of hydrogen-bond acceptors (Lipinski definition) is 4. The topological polar surface area (TPSA) is 75.7 Å². The molecule has 0 saturated heterocycles. The maximum atomic E-state index is 13.1. The molecule has 0 spiro atoms. The lowest BCUT2D eigenvalue weighted by molar-refractivity contribution is -0.127. The van der Waals surface area contributed by atoms with Crippen molar-refractivity contribution in [3.63, 3.8) is 0 Å². The number of anilines is 1. The molecular weight excluding hydrogens is 460 g/mol. The van der Waals surface area contributed by atoms with Gasteiger partial charge in [-0.25, -0.2) is 8.42 Å². The first-order chi connectivity index (χ1) is 16.8. The third kappa shape index (κ3) is 4.80. The summed E-state index contributed by atoms with van der Waals surface area (Å²) < 4.78 is 33.4. The summed E-state index contributed by atoms with van der Waals surface area (Å²) in [4.78, 5) is 12.9. The van der Waals surface area contributed by atoms with Crippen LogP contribution >= 0.6 is 0 Å². The van der Waals surface area contributed by atoms with E-state index < -0.39 is 10.0 Å². The number of para-hydroxylation sites is 1. The van der Waals surface area contributed by atoms with Crippen molar-refractivity contribution >= 4 is 21.6 Å². The number of nitrogens with one attached hydrogen (secondary N) is 1. The summed E-state index contributed by atoms with van der Waals surface area (Å²) in [5.74, 6) is 2.89. The summed E-state index contributed by atoms with van der Waals surface area (Å²) in [5, 5.41) is 3.22. The van der Waals surface area contributed by atoms with E-state index in [1.807, 2.05) is 25.1 Å². The second-order valence-corrected chi connectivity index (χ2v) is 12.7. The maximum Gasteiger partial charge on any atom is 0.264 e. The molecule has 4 fully saturated rings. The molecule has 1 N–H and O–H groups in total. The molecule has 7 heteroatoms. The van der Waals surface area contributed by atoms with Crippen LogP contribution in [0.4, 0.5) is 5.69 Å². The highest BCUT2D eigenvalue weighted by Crippen LogP contribution is 2.61. The number of ether oxygens (including phenoxy) is 1. The Kier molecular flexibility index (Phi) is 6.55. The van der Waals surface area contributed by atoms with Gasteiger partial charge in [-0.2, -0.15) is 0 Å². The second kappa shape index (κ2) is 9.49. The Morgan fingerprint density at radius 2 is 1.57 bits per heavy atom. The molecule has 35 heavy (non-hydrogen) atoms. The van der Waals surface area contributed by atoms with E-state index in [1.165, 1.54) is 55.0 Å². The molecule has 2 aromatic carbocycles. The number of nitrogens with zero attached hydrogens (tertiary/aromatic N) is 1. The minimum Gasteiger partial charge on any atom is -0.484 e. The van der Waals surface area contributed by atoms with E-state index >= 15 is 0 Å². The van der Waals surface area contributed by atoms with Gasteiger partial charge in [-0.05, 0) is 112 Å². The van der Waals surface area contributed by atoms with E-state index in [9.17, 15) is 13.2 Å². The highest BCUT2D eigenvalue weighted by molar-refractivity contribution is 7.92. The molecule has 6 rings (SSSR count). The Morgan fingerprint density at radius 3 is 2.11 bits per heavy atom. The first-order valence-corrected chi connectivity index (χ1v) is 14.3. The molecule has 1 unspecified atom stereocenters. The van der Waals surface area contributed by atoms with Crippen molar-refractivity contribution in [1.29, 1.82) is 0 Å². The minimum absolute atomic E-state index is 0.0755. The zero-order chi connectivity index (χ0) is 24.6. The summed E-state index contributed by atoms with van der Waals surface area (Å²) >= 11 is 0. The van der Waals surface area contributed by atoms with Crippen LogP contribution in [0.5, 0.6) is 5.75 Å². The van der Waals surface area contributed by atoms with Gasteiger partial charge in [0.15, 0.2) is 6.61 Å². The fourth-order valence-electron chi connectivity index (χ4n) is 7.21. The zero-order valence-corrected chi connectivity index (χ0v) is 21.5. The van der Waals surface area contributed by atoms with E-state index in [0.717, 1.165) is 17.8 Å². The lowest BCUT2D eigenvalue weighted by Crippen LogP contribution is -2.56. The summed E-state index contributed by atoms with van der Waals surface area (Å²) in [5.41, 5.74) is 0.879. The van der Waals surface area contributed by atoms with Gasteiger partial charge in [0, 0.05) is 12.6 Å². The second-order valence-electron chi connectivity index (χ2n) is 10.8. The van der Waals surface area contributed by atoms with Crippen molar-refractivity contribution in [2.24, 2.45) is 23.2 Å². The quantitative estimate of drug-likeness (QED) is 0.530. The van der Waals surface area contributed by atoms with Gasteiger partial charge in [-0.3, -0.25) is 9.10 Å². The molecule has 6 nitrogen and oxygen atoms in total. The van der Waals surface area contributed by atoms with Crippen molar-refractivity contribution in [3.8, 4) is 5.75 Å². The van der Waals surface area contributed by atoms with Crippen LogP contribution in [0.3, 0.4) is 0 Å². The molecule has 4 aliphatic carbocycles. The molecule has 4 bridgehead atoms. The Morgan fingerprint density at radius 1 is 1.00 bits per heavy atom. The number of sulfonamides is 1. The van der Waals surface area contributed by atoms with Crippen LogP contribution in [-0.4, -0.2) is 33.5 Å². The van der Waals surface area contributed by atoms with Gasteiger partial charge in [0.05, 0.1) is 10.6 Å². The summed E-state index contributed by atoms with van der Waals surface area (Å²) in [7, 11) is -3.69. The van der Waals surface area contributed by atoms with E-state index in [0.29, 0.717) is 18.0 Å². The van der Waals surface area contributed by atoms with Crippen molar-refractivity contribution in [1.82, 2.24) is 5.32 Å². The molecule has 0 aromatic heterocycles. The molecule has 1 atom stereocenters. The summed E-state index contributed by atoms with van der Waals surface area (Å²) in [6.07, 6.45) is 7.89. The Bertz CT molecular complexity index is 1110. The number of rotatable bonds is 9. The molecule has 1 amide bonds. The van der Waals surface area contributed by atoms with Gasteiger partial charge < -0.3 is 10.1 Å². The molecule has 0 heterocycles. The lowest BCUT2D eigenvalue weighted by atomic mass is 9.48. The highest BCUT2D eigenvalue weighted by Gasteiger charge is 2.53. The predicted octanol–water partition coefficient (Wildman–Crippen LogP) is 5.00. The molecule has 4 aliphatic rings. The van der Waals surface area contributed by atoms with Crippen LogP contribution in [-0.2, 0) is 14.8 Å². The standard InChI is InChI=1S/C28H36N2O4S/c1-3-30(24-7-5-4-6-8-24)35(32,33)26-11-9-25(10-12-26)34-19-27(31)29-20(2)28-16-21-13-22(17-28)15-23(14-21)18-28/h4-12,20-23H,3,13-19H2,1-2H3,(H,29,31). The van der Waals surface area contributed by atoms with Crippen LogP contribution in [0.15, 0.2) is 59.5 Å². The van der Waals surface area contributed by atoms with Gasteiger partial charge in [-0.15, -0.1) is 0 Å². The van der Waals surface area contributed by atoms with Crippen LogP contribution < -0.4 is 14.4 Å². The summed E-state index contributed by atoms with van der Waals surface area (Å²) in [6, 6.07) is 15.5. The van der Waals surface area contributed by atoms with E-state index in [2.05, 4.69) is 12.2 Å². The van der Waals surface area contributed by atoms with Crippen molar-refractivity contribution < 1.29 is 17.9 Å². The van der Waals surface area contributed by atoms with Gasteiger partial charge >= 0.3 is 0 Å². The van der Waals surface area contributed by atoms with Crippen LogP contribution in [0.25, 0.3) is 0 Å². The third-order valence-corrected chi connectivity index (χ3v) is 10.4. The normalized spacial score (nSPS) is 27.9. The van der Waals surface area contributed by atoms with Crippen LogP contribution in [0.2, 0.25) is 0 Å². The maximum absolute atomic E-state index is 13.1. The smallest absolute Gasteiger partial charge is 0.264 e. The van der Waals surface area contributed by atoms with Crippen LogP contribution in [0.1, 0.15) is 52.4 Å². The van der Waals surface area contributed by atoms with Crippen molar-refractivity contribution in [2.45, 2.75) is 63.3 Å². The number of carbonyl (C=O) groups excluding carboxylic acids is 1. The molecule has 0 radical (unpaired) electrons. The molecule has 4 saturated carbocycles. The average molecular weight is 497 g/mol. The monoisotopic (exact) mass is 496 g/mol. The third-order valence-electron chi connectivity index (χ3n) is 8.49. The Balaban J connectivity index is 1.18. The highest BCUT2D eigenvalue weighted by atomic mass is 32.2.